The number of hydrogen-bond donors (Lipinski definition) is 1. The summed E-state index contributed by atoms with van der Waals surface area (Å²) in [6, 6.07) is 16.8. The molecule has 0 aromatic heterocycles. The fourth-order valence-electron chi connectivity index (χ4n) is 5.80. The molecule has 2 heterocycles. The summed E-state index contributed by atoms with van der Waals surface area (Å²) in [5, 5.41) is 11.1. The van der Waals surface area contributed by atoms with Crippen LogP contribution in [0.25, 0.3) is 0 Å². The first-order chi connectivity index (χ1) is 15.1. The summed E-state index contributed by atoms with van der Waals surface area (Å²) in [4.78, 5) is 13.2. The Morgan fingerprint density at radius 1 is 0.969 bits per heavy atom. The topological polar surface area (TPSA) is 47.9 Å². The van der Waals surface area contributed by atoms with Crippen LogP contribution in [-0.2, 0) is 10.8 Å². The minimum atomic E-state index is -0.726. The quantitative estimate of drug-likeness (QED) is 0.436. The Hall–Kier alpha value is -2.98. The second-order valence-corrected chi connectivity index (χ2v) is 10.3. The first-order valence-corrected chi connectivity index (χ1v) is 11.3. The molecule has 2 unspecified atom stereocenters. The van der Waals surface area contributed by atoms with E-state index >= 15 is 0 Å². The molecule has 164 valence electrons. The Bertz CT molecular complexity index is 1250. The lowest BCUT2D eigenvalue weighted by Gasteiger charge is -2.31. The van der Waals surface area contributed by atoms with Gasteiger partial charge in [0, 0.05) is 41.6 Å². The van der Waals surface area contributed by atoms with E-state index in [4.69, 9.17) is 0 Å². The highest BCUT2D eigenvalue weighted by Crippen LogP contribution is 2.48. The van der Waals surface area contributed by atoms with E-state index < -0.39 is 12.0 Å². The zero-order valence-corrected chi connectivity index (χ0v) is 19.7. The van der Waals surface area contributed by atoms with Gasteiger partial charge >= 0.3 is 5.78 Å². The van der Waals surface area contributed by atoms with Crippen molar-refractivity contribution >= 4 is 22.9 Å². The summed E-state index contributed by atoms with van der Waals surface area (Å²) in [5.41, 5.74) is 7.28. The predicted molar refractivity (Wildman–Crippen MR) is 131 cm³/mol. The first-order valence-electron chi connectivity index (χ1n) is 11.3. The van der Waals surface area contributed by atoms with E-state index in [1.807, 2.05) is 24.3 Å². The van der Waals surface area contributed by atoms with Crippen molar-refractivity contribution in [1.82, 2.24) is 0 Å². The maximum atomic E-state index is 11.1. The molecule has 0 spiro atoms. The van der Waals surface area contributed by atoms with Crippen molar-refractivity contribution in [1.29, 1.82) is 0 Å². The van der Waals surface area contributed by atoms with Gasteiger partial charge in [0.1, 0.15) is 19.1 Å². The molecule has 1 aliphatic carbocycles. The van der Waals surface area contributed by atoms with E-state index in [0.717, 1.165) is 11.4 Å². The van der Waals surface area contributed by atoms with Gasteiger partial charge in [-0.3, -0.25) is 4.79 Å². The standard InChI is InChI=1S/C28H31N2O2/c1-27(2)19-11-7-9-13-21(19)29(5)23(27)15-17-25(31)18(26(17)32)16-24-28(3,4)20-12-8-10-14-22(20)30(24)6/h7-17,25,31H,1-6H3/q+1/p+1. The molecule has 2 N–H and O–H groups in total. The molecule has 4 nitrogen and oxygen atoms in total. The number of hydrogen-bond acceptors (Lipinski definition) is 2. The number of likely N-dealkylation sites (N-methyl/N-ethyl adjacent to an activating group) is 1. The largest absolute Gasteiger partial charge is 0.387 e. The highest BCUT2D eigenvalue weighted by atomic mass is 16.3. The van der Waals surface area contributed by atoms with Crippen molar-refractivity contribution in [3.05, 3.63) is 83.1 Å². The number of para-hydroxylation sites is 2. The minimum absolute atomic E-state index is 0.186. The van der Waals surface area contributed by atoms with Gasteiger partial charge in [-0.25, -0.2) is 0 Å². The van der Waals surface area contributed by atoms with Crippen molar-refractivity contribution in [2.24, 2.45) is 5.92 Å². The van der Waals surface area contributed by atoms with E-state index in [9.17, 15) is 9.90 Å². The maximum absolute atomic E-state index is 11.1. The molecule has 2 aromatic rings. The van der Waals surface area contributed by atoms with Crippen LogP contribution in [0.2, 0.25) is 0 Å². The highest BCUT2D eigenvalue weighted by molar-refractivity contribution is 6.14. The maximum Gasteiger partial charge on any atom is 0.332 e. The van der Waals surface area contributed by atoms with Crippen LogP contribution in [0.3, 0.4) is 0 Å². The van der Waals surface area contributed by atoms with Crippen LogP contribution in [0.5, 0.6) is 0 Å². The zero-order valence-electron chi connectivity index (χ0n) is 19.7. The smallest absolute Gasteiger partial charge is 0.332 e. The second kappa shape index (κ2) is 6.76. The molecular weight excluding hydrogens is 396 g/mol. The molecular formula is C28H32N2O2+2. The first kappa shape index (κ1) is 20.9. The third kappa shape index (κ3) is 2.65. The van der Waals surface area contributed by atoms with Gasteiger partial charge < -0.3 is 10.0 Å². The Morgan fingerprint density at radius 3 is 2.22 bits per heavy atom. The molecule has 5 rings (SSSR count). The number of nitrogens with zero attached hydrogens (tertiary/aromatic N) is 2. The van der Waals surface area contributed by atoms with Gasteiger partial charge in [-0.05, 0) is 31.6 Å². The third-order valence-corrected chi connectivity index (χ3v) is 7.78. The van der Waals surface area contributed by atoms with Crippen molar-refractivity contribution < 1.29 is 14.5 Å². The minimum Gasteiger partial charge on any atom is -0.387 e. The summed E-state index contributed by atoms with van der Waals surface area (Å²) in [7, 11) is 4.11. The molecule has 4 heteroatoms. The Labute approximate surface area is 190 Å². The lowest BCUT2D eigenvalue weighted by molar-refractivity contribution is -0.401. The third-order valence-electron chi connectivity index (χ3n) is 7.78. The van der Waals surface area contributed by atoms with E-state index in [1.165, 1.54) is 22.5 Å². The van der Waals surface area contributed by atoms with Crippen molar-refractivity contribution in [3.8, 4) is 0 Å². The lowest BCUT2D eigenvalue weighted by Crippen LogP contribution is -2.46. The molecule has 0 amide bonds. The monoisotopic (exact) mass is 428 g/mol. The summed E-state index contributed by atoms with van der Waals surface area (Å²) >= 11 is 0. The molecule has 1 fully saturated rings. The number of anilines is 1. The van der Waals surface area contributed by atoms with Crippen molar-refractivity contribution in [2.75, 3.05) is 19.0 Å². The predicted octanol–water partition coefficient (Wildman–Crippen LogP) is 4.47. The Kier molecular flexibility index (Phi) is 4.41. The van der Waals surface area contributed by atoms with Crippen LogP contribution in [0.15, 0.2) is 72.0 Å². The molecule has 0 saturated heterocycles. The number of benzene rings is 2. The normalized spacial score (nSPS) is 27.7. The second-order valence-electron chi connectivity index (χ2n) is 10.3. The van der Waals surface area contributed by atoms with Gasteiger partial charge in [-0.15, -0.1) is 0 Å². The number of allylic oxidation sites excluding steroid dienone is 2. The molecule has 2 aromatic carbocycles. The SMILES string of the molecule is CN1C(=CC2C(=[OH+])C(=CC3=[N+](C)c4ccccc4C3(C)C)C2O)C(C)(C)c2ccccc21. The Morgan fingerprint density at radius 2 is 1.59 bits per heavy atom. The number of ketones is 1. The van der Waals surface area contributed by atoms with Crippen LogP contribution in [0.1, 0.15) is 38.8 Å². The molecule has 32 heavy (non-hydrogen) atoms. The lowest BCUT2D eigenvalue weighted by atomic mass is 9.71. The fraction of sp³-hybridized carbons (Fsp3) is 0.357. The van der Waals surface area contributed by atoms with Gasteiger partial charge in [-0.1, -0.05) is 50.2 Å². The van der Waals surface area contributed by atoms with E-state index in [-0.39, 0.29) is 16.6 Å². The van der Waals surface area contributed by atoms with E-state index in [0.29, 0.717) is 5.57 Å². The average molecular weight is 429 g/mol. The van der Waals surface area contributed by atoms with E-state index in [2.05, 4.69) is 87.7 Å². The summed E-state index contributed by atoms with van der Waals surface area (Å²) in [6.45, 7) is 8.78. The van der Waals surface area contributed by atoms with Crippen LogP contribution < -0.4 is 4.90 Å². The number of aliphatic hydroxyl groups is 1. The van der Waals surface area contributed by atoms with Gasteiger partial charge in [0.05, 0.1) is 11.0 Å². The zero-order chi connectivity index (χ0) is 23.0. The van der Waals surface area contributed by atoms with E-state index in [1.54, 1.807) is 0 Å². The number of carbonyl (C=O) groups excluding carboxylic acids is 1. The molecule has 3 aliphatic rings. The van der Waals surface area contributed by atoms with Gasteiger partial charge in [0.15, 0.2) is 5.71 Å². The average Bonchev–Trinajstić information content (AvgIpc) is 3.09. The van der Waals surface area contributed by atoms with Crippen LogP contribution >= 0.6 is 0 Å². The Balaban J connectivity index is 1.48. The van der Waals surface area contributed by atoms with Crippen LogP contribution in [-0.4, -0.2) is 46.2 Å². The molecule has 0 radical (unpaired) electrons. The number of aliphatic hydroxyl groups excluding tert-OH is 1. The highest BCUT2D eigenvalue weighted by Gasteiger charge is 2.53. The number of fused-ring (bicyclic) bond motifs is 2. The summed E-state index contributed by atoms with van der Waals surface area (Å²) in [6.07, 6.45) is 3.30. The van der Waals surface area contributed by atoms with Crippen molar-refractivity contribution in [2.45, 2.75) is 44.6 Å². The molecule has 2 aliphatic heterocycles. The van der Waals surface area contributed by atoms with Gasteiger partial charge in [0.25, 0.3) is 0 Å². The summed E-state index contributed by atoms with van der Waals surface area (Å²) in [5.74, 6) is -0.136. The summed E-state index contributed by atoms with van der Waals surface area (Å²) < 4.78 is 2.17. The fourth-order valence-corrected chi connectivity index (χ4v) is 5.80. The molecule has 0 bridgehead atoms. The molecule has 1 saturated carbocycles. The van der Waals surface area contributed by atoms with Gasteiger partial charge in [-0.2, -0.15) is 4.58 Å². The van der Waals surface area contributed by atoms with Gasteiger partial charge in [0.2, 0.25) is 5.69 Å². The van der Waals surface area contributed by atoms with Crippen LogP contribution in [0, 0.1) is 5.92 Å². The van der Waals surface area contributed by atoms with Crippen LogP contribution in [0.4, 0.5) is 11.4 Å². The molecule has 2 atom stereocenters. The number of rotatable bonds is 2. The van der Waals surface area contributed by atoms with Crippen molar-refractivity contribution in [3.63, 3.8) is 0 Å².